The van der Waals surface area contributed by atoms with Crippen molar-refractivity contribution in [2.24, 2.45) is 0 Å². The average molecular weight is 992 g/mol. The van der Waals surface area contributed by atoms with Crippen LogP contribution in [0.4, 0.5) is 0 Å². The van der Waals surface area contributed by atoms with Crippen molar-refractivity contribution in [3.63, 3.8) is 0 Å². The van der Waals surface area contributed by atoms with Crippen LogP contribution < -0.4 is 10.2 Å². The number of hydrogen-bond donors (Lipinski definition) is 2. The highest BCUT2D eigenvalue weighted by atomic mass is 31.2. The number of nitrogens with zero attached hydrogens (tertiary/aromatic N) is 1. The zero-order valence-corrected chi connectivity index (χ0v) is 47.2. The third-order valence-electron chi connectivity index (χ3n) is 13.3. The lowest BCUT2D eigenvalue weighted by atomic mass is 10.0. The minimum absolute atomic E-state index is 0.0127. The van der Waals surface area contributed by atoms with E-state index < -0.39 is 20.0 Å². The molecule has 0 radical (unpaired) electrons. The van der Waals surface area contributed by atoms with E-state index in [2.05, 4.69) is 67.8 Å². The van der Waals surface area contributed by atoms with Crippen molar-refractivity contribution in [2.75, 3.05) is 40.9 Å². The quantitative estimate of drug-likeness (QED) is 0.0272. The molecule has 0 saturated carbocycles. The van der Waals surface area contributed by atoms with Crippen LogP contribution in [-0.2, 0) is 18.4 Å². The molecule has 0 saturated heterocycles. The number of hydrogen-bond acceptors (Lipinski definition) is 6. The summed E-state index contributed by atoms with van der Waals surface area (Å²) < 4.78 is 23.4. The molecule has 0 aromatic heterocycles. The van der Waals surface area contributed by atoms with E-state index in [1.165, 1.54) is 186 Å². The topological polar surface area (TPSA) is 108 Å². The van der Waals surface area contributed by atoms with Gasteiger partial charge in [-0.2, -0.15) is 0 Å². The van der Waals surface area contributed by atoms with E-state index >= 15 is 0 Å². The van der Waals surface area contributed by atoms with E-state index in [0.29, 0.717) is 23.9 Å². The lowest BCUT2D eigenvalue weighted by Crippen LogP contribution is -2.46. The van der Waals surface area contributed by atoms with Gasteiger partial charge in [0.15, 0.2) is 0 Å². The molecule has 3 atom stereocenters. The van der Waals surface area contributed by atoms with E-state index in [1.54, 1.807) is 0 Å². The van der Waals surface area contributed by atoms with Crippen LogP contribution in [0.2, 0.25) is 0 Å². The summed E-state index contributed by atoms with van der Waals surface area (Å²) >= 11 is 0. The third-order valence-corrected chi connectivity index (χ3v) is 14.3. The van der Waals surface area contributed by atoms with Crippen molar-refractivity contribution < 1.29 is 32.9 Å². The van der Waals surface area contributed by atoms with Gasteiger partial charge in [0.2, 0.25) is 5.91 Å². The van der Waals surface area contributed by atoms with Crippen molar-refractivity contribution in [3.05, 3.63) is 48.6 Å². The molecule has 2 N–H and O–H groups in total. The molecule has 0 aliphatic rings. The maximum absolute atomic E-state index is 13.0. The molecule has 9 heteroatoms. The van der Waals surface area contributed by atoms with Crippen LogP contribution >= 0.6 is 7.82 Å². The number of carbonyl (C=O) groups is 1. The van der Waals surface area contributed by atoms with Crippen molar-refractivity contribution in [1.29, 1.82) is 0 Å². The molecule has 1 amide bonds. The highest BCUT2D eigenvalue weighted by molar-refractivity contribution is 7.45. The first-order valence-corrected chi connectivity index (χ1v) is 30.9. The van der Waals surface area contributed by atoms with Crippen molar-refractivity contribution in [2.45, 2.75) is 289 Å². The van der Waals surface area contributed by atoms with E-state index in [-0.39, 0.29) is 19.1 Å². The van der Waals surface area contributed by atoms with Gasteiger partial charge in [-0.3, -0.25) is 9.36 Å². The van der Waals surface area contributed by atoms with E-state index in [1.807, 2.05) is 21.1 Å². The largest absolute Gasteiger partial charge is 0.756 e. The first-order chi connectivity index (χ1) is 33.5. The Labute approximate surface area is 429 Å². The van der Waals surface area contributed by atoms with E-state index in [0.717, 1.165) is 64.2 Å². The fraction of sp³-hybridized carbons (Fsp3) is 0.850. The Morgan fingerprint density at radius 1 is 0.522 bits per heavy atom. The van der Waals surface area contributed by atoms with Gasteiger partial charge >= 0.3 is 0 Å². The van der Waals surface area contributed by atoms with Gasteiger partial charge in [-0.25, -0.2) is 0 Å². The highest BCUT2D eigenvalue weighted by Gasteiger charge is 2.24. The monoisotopic (exact) mass is 991 g/mol. The predicted molar refractivity (Wildman–Crippen MR) is 298 cm³/mol. The summed E-state index contributed by atoms with van der Waals surface area (Å²) in [5, 5.41) is 14.0. The molecule has 0 aliphatic heterocycles. The number of aliphatic hydroxyl groups is 1. The molecule has 0 bridgehead atoms. The fourth-order valence-corrected chi connectivity index (χ4v) is 9.46. The number of amides is 1. The van der Waals surface area contributed by atoms with Crippen molar-refractivity contribution in [3.8, 4) is 0 Å². The lowest BCUT2D eigenvalue weighted by molar-refractivity contribution is -0.870. The normalized spacial score (nSPS) is 14.2. The van der Waals surface area contributed by atoms with Gasteiger partial charge in [-0.05, 0) is 51.4 Å². The number of phosphoric acid groups is 1. The maximum Gasteiger partial charge on any atom is 0.268 e. The SMILES string of the molecule is CC/C=C\C/C=C\C/C=C\C/C=C\CCCCCCCCCCCCCCCCCCC(=O)NC(COP(=O)([O-])OCC[N+](C)(C)C)C(O)CCCCCCCCCCCCCCCCCCCC. The number of phosphoric ester groups is 1. The zero-order chi connectivity index (χ0) is 50.6. The molecular weight excluding hydrogens is 876 g/mol. The first-order valence-electron chi connectivity index (χ1n) is 29.5. The summed E-state index contributed by atoms with van der Waals surface area (Å²) in [6, 6.07) is -0.801. The number of nitrogens with one attached hydrogen (secondary N) is 1. The minimum atomic E-state index is -4.57. The van der Waals surface area contributed by atoms with E-state index in [9.17, 15) is 19.4 Å². The van der Waals surface area contributed by atoms with Gasteiger partial charge in [-0.1, -0.05) is 268 Å². The molecule has 0 rings (SSSR count). The number of likely N-dealkylation sites (N-methyl/N-ethyl adjacent to an activating group) is 1. The number of unbranched alkanes of at least 4 members (excludes halogenated alkanes) is 33. The molecule has 8 nitrogen and oxygen atoms in total. The molecule has 0 aromatic carbocycles. The van der Waals surface area contributed by atoms with Crippen LogP contribution in [0.25, 0.3) is 0 Å². The lowest BCUT2D eigenvalue weighted by Gasteiger charge is -2.30. The van der Waals surface area contributed by atoms with Crippen LogP contribution in [0.5, 0.6) is 0 Å². The average Bonchev–Trinajstić information content (AvgIpc) is 3.31. The van der Waals surface area contributed by atoms with Crippen molar-refractivity contribution in [1.82, 2.24) is 5.32 Å². The van der Waals surface area contributed by atoms with Crippen LogP contribution in [0, 0.1) is 0 Å². The number of allylic oxidation sites excluding steroid dienone is 8. The maximum atomic E-state index is 13.0. The van der Waals surface area contributed by atoms with Gasteiger partial charge in [0.05, 0.1) is 39.9 Å². The van der Waals surface area contributed by atoms with Crippen LogP contribution in [0.1, 0.15) is 277 Å². The Morgan fingerprint density at radius 3 is 1.29 bits per heavy atom. The Morgan fingerprint density at radius 2 is 0.884 bits per heavy atom. The number of carbonyl (C=O) groups excluding carboxylic acids is 1. The van der Waals surface area contributed by atoms with Gasteiger partial charge in [0.1, 0.15) is 13.2 Å². The standard InChI is InChI=1S/C60H115N2O6P/c1-6-8-10-12-14-16-18-20-22-24-26-27-28-29-30-31-32-33-34-35-36-38-40-42-44-46-48-50-52-54-60(64)61-58(57-68-69(65,66)67-56-55-62(3,4)5)59(63)53-51-49-47-45-43-41-39-37-25-23-21-19-17-15-13-11-9-7-2/h8,10,14,16,20,22,26-27,58-59,63H,6-7,9,11-13,15,17-19,21,23-25,28-57H2,1-5H3,(H-,61,64,65,66)/b10-8-,16-14-,22-20-,27-26-. The molecule has 0 heterocycles. The summed E-state index contributed by atoms with van der Waals surface area (Å²) in [6.07, 6.45) is 67.1. The molecule has 0 aromatic rings. The second-order valence-electron chi connectivity index (χ2n) is 21.3. The summed E-state index contributed by atoms with van der Waals surface area (Å²) in [6.45, 7) is 4.64. The van der Waals surface area contributed by atoms with Gasteiger partial charge < -0.3 is 28.8 Å². The van der Waals surface area contributed by atoms with E-state index in [4.69, 9.17) is 9.05 Å². The molecule has 0 aliphatic carbocycles. The number of rotatable bonds is 54. The summed E-state index contributed by atoms with van der Waals surface area (Å²) in [4.78, 5) is 25.5. The zero-order valence-electron chi connectivity index (χ0n) is 46.3. The Bertz CT molecular complexity index is 1260. The Kier molecular flexibility index (Phi) is 50.2. The molecular formula is C60H115N2O6P. The summed E-state index contributed by atoms with van der Waals surface area (Å²) in [7, 11) is 1.31. The molecule has 0 spiro atoms. The summed E-state index contributed by atoms with van der Waals surface area (Å²) in [5.41, 5.74) is 0. The van der Waals surface area contributed by atoms with Gasteiger partial charge in [-0.15, -0.1) is 0 Å². The first kappa shape index (κ1) is 67.5. The second-order valence-corrected chi connectivity index (χ2v) is 22.7. The minimum Gasteiger partial charge on any atom is -0.756 e. The molecule has 3 unspecified atom stereocenters. The molecule has 0 fully saturated rings. The van der Waals surface area contributed by atoms with Crippen LogP contribution in [-0.4, -0.2) is 68.5 Å². The molecule has 406 valence electrons. The Hall–Kier alpha value is -1.54. The number of quaternary nitrogens is 1. The summed E-state index contributed by atoms with van der Waals surface area (Å²) in [5.74, 6) is -0.162. The molecule has 69 heavy (non-hydrogen) atoms. The van der Waals surface area contributed by atoms with Crippen molar-refractivity contribution >= 4 is 13.7 Å². The second kappa shape index (κ2) is 51.4. The smallest absolute Gasteiger partial charge is 0.268 e. The highest BCUT2D eigenvalue weighted by Crippen LogP contribution is 2.38. The van der Waals surface area contributed by atoms with Crippen LogP contribution in [0.15, 0.2) is 48.6 Å². The predicted octanol–water partition coefficient (Wildman–Crippen LogP) is 17.3. The van der Waals surface area contributed by atoms with Crippen LogP contribution in [0.3, 0.4) is 0 Å². The Balaban J connectivity index is 4.09. The fourth-order valence-electron chi connectivity index (χ4n) is 8.74. The van der Waals surface area contributed by atoms with Gasteiger partial charge in [0.25, 0.3) is 7.82 Å². The third kappa shape index (κ3) is 54.1. The number of aliphatic hydroxyl groups excluding tert-OH is 1. The van der Waals surface area contributed by atoms with Gasteiger partial charge in [0, 0.05) is 6.42 Å².